The quantitative estimate of drug-likeness (QED) is 0.382. The highest BCUT2D eigenvalue weighted by molar-refractivity contribution is 7.90. The minimum atomic E-state index is -3.92. The summed E-state index contributed by atoms with van der Waals surface area (Å²) < 4.78 is 39.0. The lowest BCUT2D eigenvalue weighted by atomic mass is 10.1. The van der Waals surface area contributed by atoms with Crippen LogP contribution in [0.4, 0.5) is 0 Å². The summed E-state index contributed by atoms with van der Waals surface area (Å²) in [4.78, 5) is 0.121. The Morgan fingerprint density at radius 2 is 1.71 bits per heavy atom. The number of benzene rings is 2. The fourth-order valence-corrected chi connectivity index (χ4v) is 4.96. The molecule has 0 atom stereocenters. The van der Waals surface area contributed by atoms with Crippen molar-refractivity contribution in [2.75, 3.05) is 7.11 Å². The van der Waals surface area contributed by atoms with E-state index >= 15 is 0 Å². The lowest BCUT2D eigenvalue weighted by molar-refractivity contribution is 0.410. The Hall–Kier alpha value is -2.87. The SMILES string of the molecule is COc1cc(-c2c(Cl)ccn2S(=O)(=O)c2ccc(C)cc2)oc1-c1ccc(O)c(Cl)c1. The van der Waals surface area contributed by atoms with Gasteiger partial charge >= 0.3 is 0 Å². The molecule has 0 amide bonds. The van der Waals surface area contributed by atoms with Crippen LogP contribution in [0.2, 0.25) is 10.0 Å². The Labute approximate surface area is 189 Å². The van der Waals surface area contributed by atoms with Crippen molar-refractivity contribution < 1.29 is 22.7 Å². The van der Waals surface area contributed by atoms with Gasteiger partial charge in [-0.05, 0) is 43.3 Å². The van der Waals surface area contributed by atoms with Crippen LogP contribution in [0.3, 0.4) is 0 Å². The fourth-order valence-electron chi connectivity index (χ4n) is 3.13. The van der Waals surface area contributed by atoms with E-state index in [0.717, 1.165) is 9.54 Å². The second-order valence-corrected chi connectivity index (χ2v) is 9.43. The van der Waals surface area contributed by atoms with Crippen molar-refractivity contribution >= 4 is 33.2 Å². The number of ether oxygens (including phenoxy) is 1. The van der Waals surface area contributed by atoms with Crippen LogP contribution in [0.15, 0.2) is 70.1 Å². The third-order valence-corrected chi connectivity index (χ3v) is 7.04. The monoisotopic (exact) mass is 477 g/mol. The third-order valence-electron chi connectivity index (χ3n) is 4.74. The van der Waals surface area contributed by atoms with E-state index in [1.165, 1.54) is 43.6 Å². The van der Waals surface area contributed by atoms with Crippen LogP contribution >= 0.6 is 23.2 Å². The molecule has 1 N–H and O–H groups in total. The molecule has 0 radical (unpaired) electrons. The molecule has 0 fully saturated rings. The van der Waals surface area contributed by atoms with Gasteiger partial charge in [-0.1, -0.05) is 40.9 Å². The van der Waals surface area contributed by atoms with Crippen molar-refractivity contribution in [1.29, 1.82) is 0 Å². The summed E-state index contributed by atoms with van der Waals surface area (Å²) in [7, 11) is -2.46. The van der Waals surface area contributed by atoms with Gasteiger partial charge in [0.25, 0.3) is 10.0 Å². The molecule has 0 unspecified atom stereocenters. The number of aromatic nitrogens is 1. The van der Waals surface area contributed by atoms with Gasteiger partial charge < -0.3 is 14.3 Å². The molecule has 4 aromatic rings. The average Bonchev–Trinajstić information content (AvgIpc) is 3.34. The maximum Gasteiger partial charge on any atom is 0.268 e. The predicted octanol–water partition coefficient (Wildman–Crippen LogP) is 5.98. The van der Waals surface area contributed by atoms with E-state index in [4.69, 9.17) is 32.4 Å². The average molecular weight is 478 g/mol. The van der Waals surface area contributed by atoms with Gasteiger partial charge in [0.15, 0.2) is 17.3 Å². The summed E-state index contributed by atoms with van der Waals surface area (Å²) in [5, 5.41) is 10.0. The van der Waals surface area contributed by atoms with Gasteiger partial charge in [-0.25, -0.2) is 12.4 Å². The van der Waals surface area contributed by atoms with Crippen molar-refractivity contribution in [2.45, 2.75) is 11.8 Å². The molecule has 0 aliphatic carbocycles. The fraction of sp³-hybridized carbons (Fsp3) is 0.0909. The molecular weight excluding hydrogens is 461 g/mol. The van der Waals surface area contributed by atoms with E-state index in [0.29, 0.717) is 17.1 Å². The van der Waals surface area contributed by atoms with Gasteiger partial charge in [-0.2, -0.15) is 0 Å². The Morgan fingerprint density at radius 1 is 1.00 bits per heavy atom. The molecule has 0 spiro atoms. The number of furan rings is 1. The smallest absolute Gasteiger partial charge is 0.268 e. The first-order valence-electron chi connectivity index (χ1n) is 9.08. The molecule has 2 heterocycles. The molecule has 2 aromatic heterocycles. The van der Waals surface area contributed by atoms with Crippen molar-refractivity contribution in [3.8, 4) is 34.3 Å². The Balaban J connectivity index is 1.87. The zero-order chi connectivity index (χ0) is 22.3. The van der Waals surface area contributed by atoms with E-state index in [1.807, 2.05) is 6.92 Å². The van der Waals surface area contributed by atoms with Crippen LogP contribution in [-0.2, 0) is 10.0 Å². The molecule has 0 aliphatic rings. The van der Waals surface area contributed by atoms with Crippen molar-refractivity contribution in [2.24, 2.45) is 0 Å². The first-order chi connectivity index (χ1) is 14.7. The molecule has 0 aliphatic heterocycles. The first kappa shape index (κ1) is 21.4. The normalized spacial score (nSPS) is 11.6. The zero-order valence-electron chi connectivity index (χ0n) is 16.5. The number of nitrogens with zero attached hydrogens (tertiary/aromatic N) is 1. The summed E-state index contributed by atoms with van der Waals surface area (Å²) in [5.74, 6) is 0.795. The first-order valence-corrected chi connectivity index (χ1v) is 11.3. The second-order valence-electron chi connectivity index (χ2n) is 6.80. The van der Waals surface area contributed by atoms with Gasteiger partial charge in [0, 0.05) is 17.8 Å². The Bertz CT molecular complexity index is 1370. The number of methoxy groups -OCH3 is 1. The van der Waals surface area contributed by atoms with E-state index in [9.17, 15) is 13.5 Å². The summed E-state index contributed by atoms with van der Waals surface area (Å²) in [6, 6.07) is 14.1. The zero-order valence-corrected chi connectivity index (χ0v) is 18.8. The highest BCUT2D eigenvalue weighted by atomic mass is 35.5. The van der Waals surface area contributed by atoms with Crippen molar-refractivity contribution in [3.63, 3.8) is 0 Å². The highest BCUT2D eigenvalue weighted by Crippen LogP contribution is 2.42. The number of rotatable bonds is 5. The lowest BCUT2D eigenvalue weighted by Gasteiger charge is -2.10. The van der Waals surface area contributed by atoms with Crippen LogP contribution in [0.1, 0.15) is 5.56 Å². The molecule has 0 bridgehead atoms. The van der Waals surface area contributed by atoms with E-state index in [-0.39, 0.29) is 32.1 Å². The maximum atomic E-state index is 13.3. The number of phenols is 1. The number of hydrogen-bond acceptors (Lipinski definition) is 5. The molecule has 2 aromatic carbocycles. The van der Waals surface area contributed by atoms with Gasteiger partial charge in [0.1, 0.15) is 11.4 Å². The van der Waals surface area contributed by atoms with E-state index < -0.39 is 10.0 Å². The van der Waals surface area contributed by atoms with Gasteiger partial charge in [0.2, 0.25) is 0 Å². The van der Waals surface area contributed by atoms with Gasteiger partial charge in [-0.3, -0.25) is 0 Å². The molecule has 31 heavy (non-hydrogen) atoms. The summed E-state index contributed by atoms with van der Waals surface area (Å²) in [5.41, 5.74) is 1.65. The molecular formula is C22H17Cl2NO5S. The molecule has 0 saturated carbocycles. The van der Waals surface area contributed by atoms with Crippen LogP contribution < -0.4 is 4.74 Å². The van der Waals surface area contributed by atoms with Crippen LogP contribution in [-0.4, -0.2) is 24.6 Å². The molecule has 0 saturated heterocycles. The number of phenolic OH excluding ortho intramolecular Hbond substituents is 1. The Kier molecular flexibility index (Phi) is 5.51. The van der Waals surface area contributed by atoms with Gasteiger partial charge in [-0.15, -0.1) is 0 Å². The number of halogens is 2. The van der Waals surface area contributed by atoms with Crippen LogP contribution in [0.25, 0.3) is 22.8 Å². The molecule has 4 rings (SSSR count). The second kappa shape index (κ2) is 8.00. The molecule has 160 valence electrons. The van der Waals surface area contributed by atoms with Crippen LogP contribution in [0, 0.1) is 6.92 Å². The maximum absolute atomic E-state index is 13.3. The number of hydrogen-bond donors (Lipinski definition) is 1. The predicted molar refractivity (Wildman–Crippen MR) is 120 cm³/mol. The van der Waals surface area contributed by atoms with Crippen molar-refractivity contribution in [3.05, 3.63) is 76.4 Å². The topological polar surface area (TPSA) is 81.7 Å². The number of aromatic hydroxyl groups is 1. The number of aryl methyl sites for hydroxylation is 1. The molecule has 6 nitrogen and oxygen atoms in total. The minimum absolute atomic E-state index is 0.0720. The lowest BCUT2D eigenvalue weighted by Crippen LogP contribution is -2.13. The summed E-state index contributed by atoms with van der Waals surface area (Å²) in [6.07, 6.45) is 1.37. The van der Waals surface area contributed by atoms with Gasteiger partial charge in [0.05, 0.1) is 22.1 Å². The minimum Gasteiger partial charge on any atom is -0.506 e. The molecule has 9 heteroatoms. The standard InChI is InChI=1S/C22H17Cl2NO5S/c1-13-3-6-15(7-4-13)31(27,28)25-10-9-16(23)21(25)19-12-20(29-2)22(30-19)14-5-8-18(26)17(24)11-14/h3-12,26H,1-2H3. The summed E-state index contributed by atoms with van der Waals surface area (Å²) >= 11 is 12.4. The van der Waals surface area contributed by atoms with E-state index in [1.54, 1.807) is 24.3 Å². The highest BCUT2D eigenvalue weighted by Gasteiger charge is 2.26. The third kappa shape index (κ3) is 3.80. The van der Waals surface area contributed by atoms with Crippen LogP contribution in [0.5, 0.6) is 11.5 Å². The summed E-state index contributed by atoms with van der Waals surface area (Å²) in [6.45, 7) is 1.88. The van der Waals surface area contributed by atoms with Crippen molar-refractivity contribution in [1.82, 2.24) is 3.97 Å². The Morgan fingerprint density at radius 3 is 2.35 bits per heavy atom. The largest absolute Gasteiger partial charge is 0.506 e. The van der Waals surface area contributed by atoms with E-state index in [2.05, 4.69) is 0 Å².